The third kappa shape index (κ3) is 3.88. The molecule has 2 amide bonds. The minimum absolute atomic E-state index is 0.404. The molecule has 18 heavy (non-hydrogen) atoms. The number of benzene rings is 1. The van der Waals surface area contributed by atoms with Crippen LogP contribution in [0.25, 0.3) is 0 Å². The maximum absolute atomic E-state index is 11.4. The SMILES string of the molecule is O=C(N/N=C/c1ccc(I)o1)Nc1ccccc1. The summed E-state index contributed by atoms with van der Waals surface area (Å²) in [5.41, 5.74) is 3.05. The van der Waals surface area contributed by atoms with Crippen LogP contribution in [0.2, 0.25) is 0 Å². The lowest BCUT2D eigenvalue weighted by Crippen LogP contribution is -2.24. The van der Waals surface area contributed by atoms with Gasteiger partial charge in [0.25, 0.3) is 0 Å². The molecule has 0 atom stereocenters. The highest BCUT2D eigenvalue weighted by atomic mass is 127. The van der Waals surface area contributed by atoms with Gasteiger partial charge < -0.3 is 9.73 Å². The van der Waals surface area contributed by atoms with Crippen LogP contribution < -0.4 is 10.7 Å². The van der Waals surface area contributed by atoms with Crippen molar-refractivity contribution in [1.82, 2.24) is 5.43 Å². The number of hydrazone groups is 1. The van der Waals surface area contributed by atoms with Crippen LogP contribution in [-0.2, 0) is 0 Å². The van der Waals surface area contributed by atoms with E-state index in [4.69, 9.17) is 4.42 Å². The van der Waals surface area contributed by atoms with Crippen LogP contribution in [0.1, 0.15) is 5.76 Å². The van der Waals surface area contributed by atoms with Crippen LogP contribution in [0.4, 0.5) is 10.5 Å². The zero-order valence-corrected chi connectivity index (χ0v) is 11.4. The molecule has 1 heterocycles. The number of hydrogen-bond donors (Lipinski definition) is 2. The first-order valence-electron chi connectivity index (χ1n) is 5.14. The molecular weight excluding hydrogens is 345 g/mol. The summed E-state index contributed by atoms with van der Waals surface area (Å²) >= 11 is 2.05. The smallest absolute Gasteiger partial charge is 0.339 e. The fourth-order valence-corrected chi connectivity index (χ4v) is 1.67. The zero-order valence-electron chi connectivity index (χ0n) is 9.26. The van der Waals surface area contributed by atoms with Gasteiger partial charge in [-0.3, -0.25) is 0 Å². The largest absolute Gasteiger partial charge is 0.449 e. The van der Waals surface area contributed by atoms with Crippen molar-refractivity contribution in [2.45, 2.75) is 0 Å². The average Bonchev–Trinajstić information content (AvgIpc) is 2.76. The van der Waals surface area contributed by atoms with Gasteiger partial charge in [0.05, 0.1) is 6.21 Å². The maximum Gasteiger partial charge on any atom is 0.339 e. The molecule has 0 spiro atoms. The molecule has 5 nitrogen and oxygen atoms in total. The summed E-state index contributed by atoms with van der Waals surface area (Å²) in [5, 5.41) is 6.40. The summed E-state index contributed by atoms with van der Waals surface area (Å²) in [5.74, 6) is 0.583. The predicted molar refractivity (Wildman–Crippen MR) is 77.6 cm³/mol. The second-order valence-corrected chi connectivity index (χ2v) is 4.40. The Bertz CT molecular complexity index is 551. The molecule has 0 saturated heterocycles. The summed E-state index contributed by atoms with van der Waals surface area (Å²) in [6.45, 7) is 0. The molecule has 2 aromatic rings. The van der Waals surface area contributed by atoms with Crippen LogP contribution >= 0.6 is 22.6 Å². The molecule has 2 N–H and O–H groups in total. The Morgan fingerprint density at radius 2 is 2.00 bits per heavy atom. The molecule has 0 aliphatic heterocycles. The molecule has 1 aromatic heterocycles. The van der Waals surface area contributed by atoms with Crippen LogP contribution in [-0.4, -0.2) is 12.2 Å². The van der Waals surface area contributed by atoms with Gasteiger partial charge in [0.15, 0.2) is 3.77 Å². The molecule has 0 saturated carbocycles. The molecule has 0 aliphatic rings. The Morgan fingerprint density at radius 1 is 1.22 bits per heavy atom. The van der Waals surface area contributed by atoms with Crippen LogP contribution in [0.15, 0.2) is 52.0 Å². The molecule has 6 heteroatoms. The highest BCUT2D eigenvalue weighted by Gasteiger charge is 1.99. The topological polar surface area (TPSA) is 66.6 Å². The van der Waals surface area contributed by atoms with Crippen molar-refractivity contribution >= 4 is 40.5 Å². The third-order valence-electron chi connectivity index (χ3n) is 1.98. The van der Waals surface area contributed by atoms with Crippen molar-refractivity contribution in [3.63, 3.8) is 0 Å². The quantitative estimate of drug-likeness (QED) is 0.505. The van der Waals surface area contributed by atoms with Crippen molar-refractivity contribution in [2.24, 2.45) is 5.10 Å². The molecule has 0 unspecified atom stereocenters. The monoisotopic (exact) mass is 355 g/mol. The molecule has 92 valence electrons. The predicted octanol–water partition coefficient (Wildman–Crippen LogP) is 3.04. The Hall–Kier alpha value is -1.83. The van der Waals surface area contributed by atoms with Gasteiger partial charge in [-0.2, -0.15) is 5.10 Å². The number of amides is 2. The van der Waals surface area contributed by atoms with E-state index in [9.17, 15) is 4.79 Å². The van der Waals surface area contributed by atoms with E-state index in [1.54, 1.807) is 18.2 Å². The van der Waals surface area contributed by atoms with E-state index in [0.29, 0.717) is 11.4 Å². The first-order chi connectivity index (χ1) is 8.74. The van der Waals surface area contributed by atoms with Gasteiger partial charge in [-0.25, -0.2) is 10.2 Å². The van der Waals surface area contributed by atoms with Crippen molar-refractivity contribution in [2.75, 3.05) is 5.32 Å². The summed E-state index contributed by atoms with van der Waals surface area (Å²) < 4.78 is 6.02. The Kier molecular flexibility index (Phi) is 4.35. The van der Waals surface area contributed by atoms with Gasteiger partial charge in [0, 0.05) is 5.69 Å². The molecule has 0 bridgehead atoms. The lowest BCUT2D eigenvalue weighted by molar-refractivity contribution is 0.252. The van der Waals surface area contributed by atoms with E-state index in [1.165, 1.54) is 6.21 Å². The summed E-state index contributed by atoms with van der Waals surface area (Å²) in [6.07, 6.45) is 1.44. The Labute approximate surface area is 117 Å². The standard InChI is InChI=1S/C12H10IN3O2/c13-11-7-6-10(18-11)8-14-16-12(17)15-9-4-2-1-3-5-9/h1-8H,(H2,15,16,17)/b14-8+. The average molecular weight is 355 g/mol. The molecule has 1 aromatic carbocycles. The van der Waals surface area contributed by atoms with Gasteiger partial charge in [-0.05, 0) is 46.9 Å². The van der Waals surface area contributed by atoms with Crippen LogP contribution in [0.3, 0.4) is 0 Å². The summed E-state index contributed by atoms with van der Waals surface area (Å²) in [4.78, 5) is 11.4. The van der Waals surface area contributed by atoms with Gasteiger partial charge >= 0.3 is 6.03 Å². The number of anilines is 1. The van der Waals surface area contributed by atoms with Gasteiger partial charge in [0.2, 0.25) is 0 Å². The molecule has 0 fully saturated rings. The number of carbonyl (C=O) groups excluding carboxylic acids is 1. The number of furan rings is 1. The number of para-hydroxylation sites is 1. The number of nitrogens with one attached hydrogen (secondary N) is 2. The number of carbonyl (C=O) groups is 1. The van der Waals surface area contributed by atoms with E-state index in [0.717, 1.165) is 3.77 Å². The summed E-state index contributed by atoms with van der Waals surface area (Å²) in [6, 6.07) is 12.3. The van der Waals surface area contributed by atoms with Crippen LogP contribution in [0, 0.1) is 3.77 Å². The third-order valence-corrected chi connectivity index (χ3v) is 2.56. The highest BCUT2D eigenvalue weighted by Crippen LogP contribution is 2.07. The zero-order chi connectivity index (χ0) is 12.8. The Balaban J connectivity index is 1.83. The van der Waals surface area contributed by atoms with E-state index in [-0.39, 0.29) is 0 Å². The second kappa shape index (κ2) is 6.20. The van der Waals surface area contributed by atoms with Crippen molar-refractivity contribution in [3.8, 4) is 0 Å². The van der Waals surface area contributed by atoms with Crippen LogP contribution in [0.5, 0.6) is 0 Å². The molecule has 0 radical (unpaired) electrons. The van der Waals surface area contributed by atoms with E-state index >= 15 is 0 Å². The van der Waals surface area contributed by atoms with Gasteiger partial charge in [-0.15, -0.1) is 0 Å². The Morgan fingerprint density at radius 3 is 2.67 bits per heavy atom. The molecular formula is C12H10IN3O2. The van der Waals surface area contributed by atoms with E-state index in [1.807, 2.05) is 24.3 Å². The first-order valence-corrected chi connectivity index (χ1v) is 6.22. The normalized spacial score (nSPS) is 10.5. The molecule has 2 rings (SSSR count). The van der Waals surface area contributed by atoms with Crippen molar-refractivity contribution in [3.05, 3.63) is 52.0 Å². The minimum Gasteiger partial charge on any atom is -0.449 e. The minimum atomic E-state index is -0.404. The number of hydrogen-bond acceptors (Lipinski definition) is 3. The highest BCUT2D eigenvalue weighted by molar-refractivity contribution is 14.1. The van der Waals surface area contributed by atoms with Crippen molar-refractivity contribution < 1.29 is 9.21 Å². The first kappa shape index (κ1) is 12.6. The van der Waals surface area contributed by atoms with Gasteiger partial charge in [0.1, 0.15) is 5.76 Å². The van der Waals surface area contributed by atoms with Crippen molar-refractivity contribution in [1.29, 1.82) is 0 Å². The maximum atomic E-state index is 11.4. The second-order valence-electron chi connectivity index (χ2n) is 3.33. The number of rotatable bonds is 3. The number of halogens is 1. The summed E-state index contributed by atoms with van der Waals surface area (Å²) in [7, 11) is 0. The lowest BCUT2D eigenvalue weighted by Gasteiger charge is -2.02. The number of nitrogens with zero attached hydrogens (tertiary/aromatic N) is 1. The van der Waals surface area contributed by atoms with E-state index in [2.05, 4.69) is 38.4 Å². The lowest BCUT2D eigenvalue weighted by atomic mass is 10.3. The molecule has 0 aliphatic carbocycles. The van der Waals surface area contributed by atoms with E-state index < -0.39 is 6.03 Å². The number of urea groups is 1. The fourth-order valence-electron chi connectivity index (χ4n) is 1.23. The fraction of sp³-hybridized carbons (Fsp3) is 0. The van der Waals surface area contributed by atoms with Gasteiger partial charge in [-0.1, -0.05) is 18.2 Å².